The number of hydrogen-bond donors (Lipinski definition) is 0. The van der Waals surface area contributed by atoms with Crippen molar-refractivity contribution in [1.29, 1.82) is 0 Å². The molecule has 1 aliphatic heterocycles. The van der Waals surface area contributed by atoms with E-state index in [2.05, 4.69) is 23.6 Å². The lowest BCUT2D eigenvalue weighted by atomic mass is 9.79. The van der Waals surface area contributed by atoms with Crippen LogP contribution in [0, 0.1) is 11.8 Å². The monoisotopic (exact) mass is 337 g/mol. The molecule has 0 bridgehead atoms. The summed E-state index contributed by atoms with van der Waals surface area (Å²) >= 11 is 0. The van der Waals surface area contributed by atoms with Crippen molar-refractivity contribution in [1.82, 2.24) is 14.4 Å². The Morgan fingerprint density at radius 2 is 1.96 bits per heavy atom. The molecule has 1 saturated heterocycles. The minimum atomic E-state index is 0.612. The first-order valence-electron chi connectivity index (χ1n) is 9.96. The average molecular weight is 337 g/mol. The molecule has 2 aromatic rings. The number of allylic oxidation sites excluding steroid dienone is 2. The lowest BCUT2D eigenvalue weighted by Gasteiger charge is -2.27. The minimum absolute atomic E-state index is 0.612. The highest BCUT2D eigenvalue weighted by molar-refractivity contribution is 5.73. The Balaban J connectivity index is 1.56. The highest BCUT2D eigenvalue weighted by Crippen LogP contribution is 2.40. The quantitative estimate of drug-likeness (QED) is 0.816. The smallest absolute Gasteiger partial charge is 0.156 e. The summed E-state index contributed by atoms with van der Waals surface area (Å²) in [6.07, 6.45) is 15.2. The first kappa shape index (κ1) is 15.6. The highest BCUT2D eigenvalue weighted by atomic mass is 16.5. The lowest BCUT2D eigenvalue weighted by Crippen LogP contribution is -2.17. The van der Waals surface area contributed by atoms with E-state index in [0.29, 0.717) is 11.8 Å². The fraction of sp³-hybridized carbons (Fsp3) is 0.619. The second-order valence-corrected chi connectivity index (χ2v) is 8.07. The summed E-state index contributed by atoms with van der Waals surface area (Å²) in [5.41, 5.74) is 6.32. The fourth-order valence-electron chi connectivity index (χ4n) is 5.08. The van der Waals surface area contributed by atoms with E-state index in [4.69, 9.17) is 14.7 Å². The van der Waals surface area contributed by atoms with Gasteiger partial charge in [0, 0.05) is 31.7 Å². The molecule has 3 heterocycles. The molecule has 4 nitrogen and oxygen atoms in total. The summed E-state index contributed by atoms with van der Waals surface area (Å²) < 4.78 is 7.91. The highest BCUT2D eigenvalue weighted by Gasteiger charge is 2.29. The molecule has 0 radical (unpaired) electrons. The van der Waals surface area contributed by atoms with Gasteiger partial charge in [0.1, 0.15) is 0 Å². The average Bonchev–Trinajstić information content (AvgIpc) is 3.26. The van der Waals surface area contributed by atoms with Crippen molar-refractivity contribution in [3.05, 3.63) is 35.6 Å². The first-order valence-corrected chi connectivity index (χ1v) is 9.96. The molecule has 2 atom stereocenters. The summed E-state index contributed by atoms with van der Waals surface area (Å²) in [7, 11) is 0. The molecule has 0 N–H and O–H groups in total. The number of rotatable bonds is 2. The van der Waals surface area contributed by atoms with E-state index >= 15 is 0 Å². The van der Waals surface area contributed by atoms with Crippen molar-refractivity contribution in [3.8, 4) is 0 Å². The number of ether oxygens (including phenoxy) is 1. The molecule has 2 aliphatic carbocycles. The summed E-state index contributed by atoms with van der Waals surface area (Å²) in [6, 6.07) is 0. The normalized spacial score (nSPS) is 27.5. The van der Waals surface area contributed by atoms with Crippen molar-refractivity contribution in [2.24, 2.45) is 11.8 Å². The van der Waals surface area contributed by atoms with Crippen LogP contribution in [0.15, 0.2) is 18.5 Å². The van der Waals surface area contributed by atoms with Crippen LogP contribution in [-0.2, 0) is 11.2 Å². The lowest BCUT2D eigenvalue weighted by molar-refractivity contribution is 0.0807. The van der Waals surface area contributed by atoms with Crippen LogP contribution in [0.1, 0.15) is 68.4 Å². The third-order valence-corrected chi connectivity index (χ3v) is 6.54. The van der Waals surface area contributed by atoms with E-state index in [1.165, 1.54) is 48.3 Å². The molecule has 4 heteroatoms. The molecule has 2 unspecified atom stereocenters. The van der Waals surface area contributed by atoms with Crippen LogP contribution >= 0.6 is 0 Å². The Morgan fingerprint density at radius 1 is 1.12 bits per heavy atom. The minimum Gasteiger partial charge on any atom is -0.381 e. The van der Waals surface area contributed by atoms with Crippen LogP contribution in [0.4, 0.5) is 0 Å². The van der Waals surface area contributed by atoms with Crippen LogP contribution < -0.4 is 0 Å². The Bertz CT molecular complexity index is 816. The van der Waals surface area contributed by atoms with Gasteiger partial charge < -0.3 is 4.74 Å². The van der Waals surface area contributed by atoms with Gasteiger partial charge in [-0.1, -0.05) is 32.3 Å². The standard InChI is InChI=1S/C21H27N3O/c1-14-4-2-3-5-16(14)19-13-24-20(23-19)12-22-18-7-6-17(21(18)24)15-8-10-25-11-9-15/h6,12-16H,2-5,7-11H2,1H3. The van der Waals surface area contributed by atoms with E-state index in [1.807, 2.05) is 6.20 Å². The molecule has 5 rings (SSSR count). The molecule has 0 amide bonds. The van der Waals surface area contributed by atoms with Crippen LogP contribution in [0.5, 0.6) is 0 Å². The maximum Gasteiger partial charge on any atom is 0.156 e. The van der Waals surface area contributed by atoms with Gasteiger partial charge in [0.05, 0.1) is 23.3 Å². The van der Waals surface area contributed by atoms with Crippen LogP contribution in [0.3, 0.4) is 0 Å². The van der Waals surface area contributed by atoms with Crippen LogP contribution in [0.25, 0.3) is 11.2 Å². The van der Waals surface area contributed by atoms with Crippen molar-refractivity contribution >= 4 is 11.2 Å². The Labute approximate surface area is 149 Å². The summed E-state index contributed by atoms with van der Waals surface area (Å²) in [5.74, 6) is 1.97. The molecule has 132 valence electrons. The third kappa shape index (κ3) is 2.62. The predicted octanol–water partition coefficient (Wildman–Crippen LogP) is 4.39. The van der Waals surface area contributed by atoms with Gasteiger partial charge in [0.2, 0.25) is 0 Å². The zero-order valence-electron chi connectivity index (χ0n) is 15.1. The largest absolute Gasteiger partial charge is 0.381 e. The van der Waals surface area contributed by atoms with Crippen molar-refractivity contribution in [2.45, 2.75) is 57.8 Å². The zero-order valence-corrected chi connectivity index (χ0v) is 15.1. The second kappa shape index (κ2) is 6.24. The molecule has 25 heavy (non-hydrogen) atoms. The van der Waals surface area contributed by atoms with Crippen molar-refractivity contribution in [2.75, 3.05) is 13.2 Å². The molecule has 2 aromatic heterocycles. The van der Waals surface area contributed by atoms with Crippen molar-refractivity contribution in [3.63, 3.8) is 0 Å². The van der Waals surface area contributed by atoms with Gasteiger partial charge in [-0.2, -0.15) is 0 Å². The van der Waals surface area contributed by atoms with Gasteiger partial charge in [0.25, 0.3) is 0 Å². The first-order chi connectivity index (χ1) is 12.3. The summed E-state index contributed by atoms with van der Waals surface area (Å²) in [6.45, 7) is 4.16. The van der Waals surface area contributed by atoms with Crippen LogP contribution in [0.2, 0.25) is 0 Å². The summed E-state index contributed by atoms with van der Waals surface area (Å²) in [4.78, 5) is 9.74. The number of fused-ring (bicyclic) bond motifs is 3. The number of nitrogens with zero attached hydrogens (tertiary/aromatic N) is 3. The molecular formula is C21H27N3O. The predicted molar refractivity (Wildman–Crippen MR) is 98.6 cm³/mol. The van der Waals surface area contributed by atoms with Gasteiger partial charge in [-0.3, -0.25) is 9.38 Å². The van der Waals surface area contributed by atoms with Gasteiger partial charge in [-0.05, 0) is 36.7 Å². The molecule has 2 fully saturated rings. The van der Waals surface area contributed by atoms with E-state index in [1.54, 1.807) is 0 Å². The molecule has 0 spiro atoms. The summed E-state index contributed by atoms with van der Waals surface area (Å²) in [5, 5.41) is 0. The molecule has 1 saturated carbocycles. The topological polar surface area (TPSA) is 39.4 Å². The number of imidazole rings is 1. The molecular weight excluding hydrogens is 310 g/mol. The van der Waals surface area contributed by atoms with Gasteiger partial charge in [-0.25, -0.2) is 4.98 Å². The van der Waals surface area contributed by atoms with E-state index < -0.39 is 0 Å². The Kier molecular flexibility index (Phi) is 3.89. The SMILES string of the molecule is CC1CCCCC1c1cn2c3c(ncc2n1)CC=C3C1CCOCC1. The Hall–Kier alpha value is -1.68. The van der Waals surface area contributed by atoms with Crippen molar-refractivity contribution < 1.29 is 4.74 Å². The van der Waals surface area contributed by atoms with Crippen LogP contribution in [-0.4, -0.2) is 27.6 Å². The Morgan fingerprint density at radius 3 is 2.80 bits per heavy atom. The molecule has 0 aromatic carbocycles. The zero-order chi connectivity index (χ0) is 16.8. The van der Waals surface area contributed by atoms with Gasteiger partial charge in [-0.15, -0.1) is 0 Å². The van der Waals surface area contributed by atoms with Gasteiger partial charge >= 0.3 is 0 Å². The van der Waals surface area contributed by atoms with E-state index in [0.717, 1.165) is 44.0 Å². The van der Waals surface area contributed by atoms with E-state index in [9.17, 15) is 0 Å². The third-order valence-electron chi connectivity index (χ3n) is 6.54. The fourth-order valence-corrected chi connectivity index (χ4v) is 5.08. The van der Waals surface area contributed by atoms with E-state index in [-0.39, 0.29) is 0 Å². The van der Waals surface area contributed by atoms with Gasteiger partial charge in [0.15, 0.2) is 5.65 Å². The number of hydrogen-bond acceptors (Lipinski definition) is 3. The maximum absolute atomic E-state index is 5.57. The second-order valence-electron chi connectivity index (χ2n) is 8.07. The molecule has 3 aliphatic rings. The number of aromatic nitrogens is 3. The maximum atomic E-state index is 5.57.